The highest BCUT2D eigenvalue weighted by molar-refractivity contribution is 8.23. The van der Waals surface area contributed by atoms with E-state index in [1.807, 2.05) is 30.3 Å². The molecular weight excluding hydrogens is 256 g/mol. The Hall–Kier alpha value is -0.910. The summed E-state index contributed by atoms with van der Waals surface area (Å²) in [6, 6.07) is 9.32. The Kier molecular flexibility index (Phi) is 6.18. The molecule has 0 aliphatic heterocycles. The van der Waals surface area contributed by atoms with Gasteiger partial charge in [0.15, 0.2) is 0 Å². The van der Waals surface area contributed by atoms with Crippen molar-refractivity contribution in [3.8, 4) is 0 Å². The second-order valence-corrected chi connectivity index (χ2v) is 5.48. The average Bonchev–Trinajstić information content (AvgIpc) is 2.34. The highest BCUT2D eigenvalue weighted by Gasteiger charge is 2.23. The maximum Gasteiger partial charge on any atom is 0.324 e. The summed E-state index contributed by atoms with van der Waals surface area (Å²) in [5.41, 5.74) is 0.852. The average molecular weight is 270 g/mol. The maximum atomic E-state index is 11.8. The van der Waals surface area contributed by atoms with Gasteiger partial charge in [-0.15, -0.1) is 0 Å². The molecule has 0 saturated heterocycles. The molecule has 3 nitrogen and oxygen atoms in total. The Balaban J connectivity index is 2.80. The van der Waals surface area contributed by atoms with Crippen LogP contribution in [0.5, 0.6) is 0 Å². The largest absolute Gasteiger partial charge is 0.462 e. The van der Waals surface area contributed by atoms with Crippen molar-refractivity contribution in [2.45, 2.75) is 12.2 Å². The summed E-state index contributed by atoms with van der Waals surface area (Å²) in [5, 5.41) is 8.18. The first-order valence-corrected chi connectivity index (χ1v) is 6.43. The van der Waals surface area contributed by atoms with E-state index >= 15 is 0 Å². The summed E-state index contributed by atoms with van der Waals surface area (Å²) >= 11 is 6.30. The van der Waals surface area contributed by atoms with Gasteiger partial charge in [0.1, 0.15) is 11.9 Å². The zero-order valence-corrected chi connectivity index (χ0v) is 11.1. The third kappa shape index (κ3) is 4.85. The number of esters is 1. The molecule has 0 spiro atoms. The van der Waals surface area contributed by atoms with E-state index in [1.54, 1.807) is 6.92 Å². The van der Waals surface area contributed by atoms with E-state index in [0.717, 1.165) is 5.56 Å². The molecule has 1 N–H and O–H groups in total. The molecule has 1 aromatic rings. The molecule has 0 fully saturated rings. The molecule has 0 saturated carbocycles. The second kappa shape index (κ2) is 7.42. The number of thiocarbonyl (C=S) groups is 1. The molecule has 17 heavy (non-hydrogen) atoms. The van der Waals surface area contributed by atoms with Crippen LogP contribution in [-0.2, 0) is 9.53 Å². The highest BCUT2D eigenvalue weighted by atomic mass is 32.2. The number of benzene rings is 1. The van der Waals surface area contributed by atoms with Crippen LogP contribution in [0.3, 0.4) is 0 Å². The van der Waals surface area contributed by atoms with Crippen molar-refractivity contribution >= 4 is 34.1 Å². The molecule has 1 unspecified atom stereocenters. The Labute approximate surface area is 110 Å². The lowest BCUT2D eigenvalue weighted by Gasteiger charge is -2.14. The van der Waals surface area contributed by atoms with E-state index in [-0.39, 0.29) is 19.2 Å². The van der Waals surface area contributed by atoms with E-state index in [9.17, 15) is 4.79 Å². The molecule has 92 valence electrons. The predicted octanol–water partition coefficient (Wildman–Crippen LogP) is 2.34. The minimum Gasteiger partial charge on any atom is -0.462 e. The molecule has 0 bridgehead atoms. The third-order valence-electron chi connectivity index (χ3n) is 1.94. The van der Waals surface area contributed by atoms with Gasteiger partial charge >= 0.3 is 5.97 Å². The summed E-state index contributed by atoms with van der Waals surface area (Å²) in [4.78, 5) is 11.8. The minimum atomic E-state index is -0.458. The van der Waals surface area contributed by atoms with Crippen LogP contribution in [0.25, 0.3) is 0 Å². The van der Waals surface area contributed by atoms with Crippen LogP contribution < -0.4 is 0 Å². The Morgan fingerprint density at radius 2 is 2.12 bits per heavy atom. The summed E-state index contributed by atoms with van der Waals surface area (Å²) < 4.78 is 5.62. The maximum absolute atomic E-state index is 11.8. The Morgan fingerprint density at radius 1 is 1.47 bits per heavy atom. The summed E-state index contributed by atoms with van der Waals surface area (Å²) in [5.74, 6) is -0.376. The van der Waals surface area contributed by atoms with Crippen LogP contribution in [0.4, 0.5) is 0 Å². The van der Waals surface area contributed by atoms with Gasteiger partial charge in [0.2, 0.25) is 0 Å². The Bertz CT molecular complexity index is 379. The number of hydrogen-bond donors (Lipinski definition) is 1. The van der Waals surface area contributed by atoms with Gasteiger partial charge in [-0.25, -0.2) is 0 Å². The number of rotatable bonds is 5. The molecule has 1 atom stereocenters. The molecule has 0 radical (unpaired) electrons. The van der Waals surface area contributed by atoms with Crippen LogP contribution in [-0.4, -0.2) is 28.5 Å². The lowest BCUT2D eigenvalue weighted by Crippen LogP contribution is -2.16. The van der Waals surface area contributed by atoms with Gasteiger partial charge in [0.05, 0.1) is 6.61 Å². The fourth-order valence-corrected chi connectivity index (χ4v) is 2.35. The first kappa shape index (κ1) is 14.2. The SMILES string of the molecule is CC(=S)SC(C(=O)OCCO)c1ccccc1. The van der Waals surface area contributed by atoms with Crippen LogP contribution in [0, 0.1) is 0 Å². The smallest absolute Gasteiger partial charge is 0.324 e. The quantitative estimate of drug-likeness (QED) is 0.657. The van der Waals surface area contributed by atoms with Crippen LogP contribution in [0.15, 0.2) is 30.3 Å². The minimum absolute atomic E-state index is 0.0131. The molecular formula is C12H14O3S2. The number of aliphatic hydroxyl groups is 1. The van der Waals surface area contributed by atoms with Gasteiger partial charge in [0.25, 0.3) is 0 Å². The van der Waals surface area contributed by atoms with Crippen LogP contribution in [0.1, 0.15) is 17.7 Å². The lowest BCUT2D eigenvalue weighted by molar-refractivity contribution is -0.144. The lowest BCUT2D eigenvalue weighted by atomic mass is 10.1. The zero-order valence-electron chi connectivity index (χ0n) is 9.46. The van der Waals surface area contributed by atoms with E-state index < -0.39 is 5.25 Å². The number of thioether (sulfide) groups is 1. The van der Waals surface area contributed by atoms with Gasteiger partial charge in [0, 0.05) is 4.20 Å². The van der Waals surface area contributed by atoms with Crippen molar-refractivity contribution < 1.29 is 14.6 Å². The van der Waals surface area contributed by atoms with E-state index in [4.69, 9.17) is 22.1 Å². The van der Waals surface area contributed by atoms with E-state index in [2.05, 4.69) is 0 Å². The molecule has 5 heteroatoms. The van der Waals surface area contributed by atoms with Gasteiger partial charge in [-0.2, -0.15) is 0 Å². The van der Waals surface area contributed by atoms with Gasteiger partial charge in [-0.05, 0) is 12.5 Å². The van der Waals surface area contributed by atoms with Crippen molar-refractivity contribution in [1.29, 1.82) is 0 Å². The molecule has 1 rings (SSSR count). The molecule has 0 aliphatic rings. The van der Waals surface area contributed by atoms with Crippen molar-refractivity contribution in [2.75, 3.05) is 13.2 Å². The standard InChI is InChI=1S/C12H14O3S2/c1-9(16)17-11(12(14)15-8-7-13)10-5-3-2-4-6-10/h2-6,11,13H,7-8H2,1H3. The van der Waals surface area contributed by atoms with E-state index in [0.29, 0.717) is 4.20 Å². The van der Waals surface area contributed by atoms with E-state index in [1.165, 1.54) is 11.8 Å². The highest BCUT2D eigenvalue weighted by Crippen LogP contribution is 2.31. The number of carbonyl (C=O) groups excluding carboxylic acids is 1. The van der Waals surface area contributed by atoms with Crippen molar-refractivity contribution in [1.82, 2.24) is 0 Å². The van der Waals surface area contributed by atoms with Gasteiger partial charge in [-0.1, -0.05) is 54.3 Å². The normalized spacial score (nSPS) is 11.9. The summed E-state index contributed by atoms with van der Waals surface area (Å²) in [7, 11) is 0. The molecule has 0 amide bonds. The molecule has 1 aromatic carbocycles. The summed E-state index contributed by atoms with van der Waals surface area (Å²) in [6.07, 6.45) is 0. The third-order valence-corrected chi connectivity index (χ3v) is 3.26. The number of hydrogen-bond acceptors (Lipinski definition) is 5. The van der Waals surface area contributed by atoms with Crippen LogP contribution in [0.2, 0.25) is 0 Å². The van der Waals surface area contributed by atoms with Gasteiger partial charge in [-0.3, -0.25) is 4.79 Å². The Morgan fingerprint density at radius 3 is 2.65 bits per heavy atom. The predicted molar refractivity (Wildman–Crippen MR) is 73.1 cm³/mol. The number of carbonyl (C=O) groups is 1. The first-order chi connectivity index (χ1) is 8.15. The number of ether oxygens (including phenoxy) is 1. The first-order valence-electron chi connectivity index (χ1n) is 5.15. The molecule has 0 heterocycles. The van der Waals surface area contributed by atoms with Gasteiger partial charge < -0.3 is 9.84 Å². The number of aliphatic hydroxyl groups excluding tert-OH is 1. The van der Waals surface area contributed by atoms with Crippen molar-refractivity contribution in [3.63, 3.8) is 0 Å². The summed E-state index contributed by atoms with van der Waals surface area (Å²) in [6.45, 7) is 1.61. The monoisotopic (exact) mass is 270 g/mol. The molecule has 0 aliphatic carbocycles. The fourth-order valence-electron chi connectivity index (χ4n) is 1.27. The van der Waals surface area contributed by atoms with Crippen molar-refractivity contribution in [3.05, 3.63) is 35.9 Å². The molecule has 0 aromatic heterocycles. The van der Waals surface area contributed by atoms with Crippen LogP contribution >= 0.6 is 24.0 Å². The second-order valence-electron chi connectivity index (χ2n) is 3.29. The topological polar surface area (TPSA) is 46.5 Å². The van der Waals surface area contributed by atoms with Crippen molar-refractivity contribution in [2.24, 2.45) is 0 Å². The zero-order chi connectivity index (χ0) is 12.7. The fraction of sp³-hybridized carbons (Fsp3) is 0.333.